The number of rotatable bonds is 17. The topological polar surface area (TPSA) is 258 Å². The fraction of sp³-hybridized carbons (Fsp3) is 0.667. The Morgan fingerprint density at radius 1 is 0.941 bits per heavy atom. The zero-order valence-corrected chi connectivity index (χ0v) is 20.6. The predicted molar refractivity (Wildman–Crippen MR) is 132 cm³/mol. The number of guanidine groups is 1. The molecule has 4 amide bonds. The van der Waals surface area contributed by atoms with Crippen LogP contribution in [-0.2, 0) is 24.0 Å². The molecule has 0 saturated carbocycles. The van der Waals surface area contributed by atoms with Gasteiger partial charge in [-0.25, -0.2) is 4.79 Å². The van der Waals surface area contributed by atoms with E-state index in [2.05, 4.69) is 33.6 Å². The first kappa shape index (κ1) is 31.3. The number of aliphatic imine (C=N–C) groups is 1. The lowest BCUT2D eigenvalue weighted by Crippen LogP contribution is -2.58. The van der Waals surface area contributed by atoms with Crippen molar-refractivity contribution >= 4 is 59.9 Å². The Hall–Kier alpha value is -2.72. The van der Waals surface area contributed by atoms with Crippen molar-refractivity contribution in [2.45, 2.75) is 49.9 Å². The second kappa shape index (κ2) is 16.8. The lowest BCUT2D eigenvalue weighted by Gasteiger charge is -2.24. The SMILES string of the molecule is CSCCC(N)C(=O)NC(CS)C(=O)NC(CC(N)=O)C(=O)NC(CCCN=C(N)N)C(=O)O. The van der Waals surface area contributed by atoms with Gasteiger partial charge < -0.3 is 44.0 Å². The number of nitrogens with zero attached hydrogens (tertiary/aromatic N) is 1. The van der Waals surface area contributed by atoms with Gasteiger partial charge in [0.05, 0.1) is 12.5 Å². The minimum atomic E-state index is -1.48. The number of hydrogen-bond donors (Lipinski definition) is 9. The molecular weight excluding hydrogens is 488 g/mol. The van der Waals surface area contributed by atoms with Crippen LogP contribution in [0.25, 0.3) is 0 Å². The average Bonchev–Trinajstić information content (AvgIpc) is 2.76. The van der Waals surface area contributed by atoms with Crippen molar-refractivity contribution in [2.75, 3.05) is 24.3 Å². The van der Waals surface area contributed by atoms with E-state index in [9.17, 15) is 29.1 Å². The van der Waals surface area contributed by atoms with Crippen LogP contribution in [0.1, 0.15) is 25.7 Å². The molecule has 0 saturated heterocycles. The summed E-state index contributed by atoms with van der Waals surface area (Å²) >= 11 is 5.55. The molecule has 12 N–H and O–H groups in total. The minimum Gasteiger partial charge on any atom is -0.480 e. The highest BCUT2D eigenvalue weighted by molar-refractivity contribution is 7.98. The average molecular weight is 523 g/mol. The van der Waals surface area contributed by atoms with Crippen LogP contribution in [0.15, 0.2) is 4.99 Å². The summed E-state index contributed by atoms with van der Waals surface area (Å²) < 4.78 is 0. The normalized spacial score (nSPS) is 14.1. The molecule has 16 heteroatoms. The number of carboxylic acid groups (broad SMARTS) is 1. The number of carbonyl (C=O) groups is 5. The number of nitrogens with two attached hydrogens (primary N) is 4. The zero-order valence-electron chi connectivity index (χ0n) is 18.9. The van der Waals surface area contributed by atoms with Crippen molar-refractivity contribution in [1.82, 2.24) is 16.0 Å². The van der Waals surface area contributed by atoms with E-state index in [1.54, 1.807) is 0 Å². The number of primary amides is 1. The van der Waals surface area contributed by atoms with Crippen molar-refractivity contribution in [2.24, 2.45) is 27.9 Å². The van der Waals surface area contributed by atoms with E-state index in [1.807, 2.05) is 6.26 Å². The predicted octanol–water partition coefficient (Wildman–Crippen LogP) is -3.54. The number of carbonyl (C=O) groups excluding carboxylic acids is 4. The standard InChI is InChI=1S/C18H34N8O6S2/c1-34-6-4-9(19)14(28)26-12(8-33)16(30)25-11(7-13(20)27)15(29)24-10(17(31)32)3-2-5-23-18(21)22/h9-12,33H,2-8,19H2,1H3,(H2,20,27)(H,24,29)(H,25,30)(H,26,28)(H,31,32)(H4,21,22,23). The maximum absolute atomic E-state index is 12.6. The highest BCUT2D eigenvalue weighted by atomic mass is 32.2. The van der Waals surface area contributed by atoms with Crippen LogP contribution < -0.4 is 38.9 Å². The van der Waals surface area contributed by atoms with Crippen molar-refractivity contribution in [1.29, 1.82) is 0 Å². The first-order valence-corrected chi connectivity index (χ1v) is 12.3. The van der Waals surface area contributed by atoms with Gasteiger partial charge in [0.15, 0.2) is 5.96 Å². The Morgan fingerprint density at radius 2 is 1.50 bits per heavy atom. The molecule has 14 nitrogen and oxygen atoms in total. The molecule has 0 radical (unpaired) electrons. The van der Waals surface area contributed by atoms with E-state index < -0.39 is 60.2 Å². The summed E-state index contributed by atoms with van der Waals surface area (Å²) in [7, 11) is 0. The highest BCUT2D eigenvalue weighted by Crippen LogP contribution is 2.03. The van der Waals surface area contributed by atoms with Gasteiger partial charge in [0.1, 0.15) is 18.1 Å². The number of nitrogens with one attached hydrogen (secondary N) is 3. The zero-order chi connectivity index (χ0) is 26.3. The van der Waals surface area contributed by atoms with Crippen LogP contribution in [0.3, 0.4) is 0 Å². The molecule has 0 heterocycles. The summed E-state index contributed by atoms with van der Waals surface area (Å²) in [5.74, 6) is -4.22. The molecular formula is C18H34N8O6S2. The number of amides is 4. The molecule has 194 valence electrons. The molecule has 4 unspecified atom stereocenters. The van der Waals surface area contributed by atoms with E-state index in [-0.39, 0.29) is 31.1 Å². The largest absolute Gasteiger partial charge is 0.480 e. The third kappa shape index (κ3) is 13.1. The van der Waals surface area contributed by atoms with Crippen molar-refractivity contribution in [3.8, 4) is 0 Å². The van der Waals surface area contributed by atoms with Gasteiger partial charge in [-0.2, -0.15) is 24.4 Å². The quantitative estimate of drug-likeness (QED) is 0.0393. The Balaban J connectivity index is 5.22. The second-order valence-electron chi connectivity index (χ2n) is 7.21. The van der Waals surface area contributed by atoms with E-state index >= 15 is 0 Å². The van der Waals surface area contributed by atoms with Gasteiger partial charge >= 0.3 is 5.97 Å². The molecule has 0 fully saturated rings. The Bertz CT molecular complexity index is 750. The molecule has 0 aromatic heterocycles. The molecule has 34 heavy (non-hydrogen) atoms. The molecule has 0 bridgehead atoms. The Kier molecular flexibility index (Phi) is 15.5. The maximum Gasteiger partial charge on any atom is 0.326 e. The first-order chi connectivity index (χ1) is 15.9. The van der Waals surface area contributed by atoms with Gasteiger partial charge in [-0.15, -0.1) is 0 Å². The molecule has 0 aromatic carbocycles. The molecule has 0 aromatic rings. The Morgan fingerprint density at radius 3 is 2.00 bits per heavy atom. The van der Waals surface area contributed by atoms with Crippen LogP contribution in [0, 0.1) is 0 Å². The summed E-state index contributed by atoms with van der Waals surface area (Å²) in [6.45, 7) is 0.145. The molecule has 0 rings (SSSR count). The van der Waals surface area contributed by atoms with Gasteiger partial charge in [0.25, 0.3) is 0 Å². The lowest BCUT2D eigenvalue weighted by atomic mass is 10.1. The summed E-state index contributed by atoms with van der Waals surface area (Å²) in [5, 5.41) is 16.4. The summed E-state index contributed by atoms with van der Waals surface area (Å²) in [5.41, 5.74) is 21.4. The van der Waals surface area contributed by atoms with E-state index in [0.717, 1.165) is 0 Å². The van der Waals surface area contributed by atoms with Gasteiger partial charge in [0, 0.05) is 12.3 Å². The third-order valence-electron chi connectivity index (χ3n) is 4.38. The van der Waals surface area contributed by atoms with Gasteiger partial charge in [-0.1, -0.05) is 0 Å². The number of hydrogen-bond acceptors (Lipinski definition) is 9. The molecule has 0 aliphatic carbocycles. The van der Waals surface area contributed by atoms with Gasteiger partial charge in [-0.05, 0) is 31.3 Å². The van der Waals surface area contributed by atoms with E-state index in [4.69, 9.17) is 22.9 Å². The highest BCUT2D eigenvalue weighted by Gasteiger charge is 2.30. The van der Waals surface area contributed by atoms with Crippen molar-refractivity contribution < 1.29 is 29.1 Å². The molecule has 0 spiro atoms. The van der Waals surface area contributed by atoms with Crippen molar-refractivity contribution in [3.63, 3.8) is 0 Å². The van der Waals surface area contributed by atoms with Gasteiger partial charge in [-0.3, -0.25) is 24.2 Å². The lowest BCUT2D eigenvalue weighted by molar-refractivity contribution is -0.142. The molecule has 4 atom stereocenters. The van der Waals surface area contributed by atoms with Crippen LogP contribution in [0.2, 0.25) is 0 Å². The molecule has 0 aliphatic heterocycles. The molecule has 0 aliphatic rings. The van der Waals surface area contributed by atoms with E-state index in [1.165, 1.54) is 11.8 Å². The first-order valence-electron chi connectivity index (χ1n) is 10.3. The smallest absolute Gasteiger partial charge is 0.326 e. The van der Waals surface area contributed by atoms with E-state index in [0.29, 0.717) is 12.2 Å². The fourth-order valence-electron chi connectivity index (χ4n) is 2.56. The second-order valence-corrected chi connectivity index (χ2v) is 8.56. The minimum absolute atomic E-state index is 0.0155. The van der Waals surface area contributed by atoms with Crippen LogP contribution >= 0.6 is 24.4 Å². The van der Waals surface area contributed by atoms with Crippen molar-refractivity contribution in [3.05, 3.63) is 0 Å². The van der Waals surface area contributed by atoms with Crippen LogP contribution in [0.4, 0.5) is 0 Å². The third-order valence-corrected chi connectivity index (χ3v) is 5.39. The number of thiol groups is 1. The van der Waals surface area contributed by atoms with Crippen LogP contribution in [-0.4, -0.2) is 89.1 Å². The summed E-state index contributed by atoms with van der Waals surface area (Å²) in [4.78, 5) is 64.1. The number of aliphatic carboxylic acids is 1. The monoisotopic (exact) mass is 522 g/mol. The van der Waals surface area contributed by atoms with Crippen LogP contribution in [0.5, 0.6) is 0 Å². The number of carboxylic acids is 1. The Labute approximate surface area is 207 Å². The maximum atomic E-state index is 12.6. The summed E-state index contributed by atoms with van der Waals surface area (Å²) in [6, 6.07) is -4.81. The van der Waals surface area contributed by atoms with Gasteiger partial charge in [0.2, 0.25) is 23.6 Å². The fourth-order valence-corrected chi connectivity index (χ4v) is 3.31. The summed E-state index contributed by atoms with van der Waals surface area (Å²) in [6.07, 6.45) is 1.88. The number of thioether (sulfide) groups is 1.